The maximum absolute atomic E-state index is 11.6. The lowest BCUT2D eigenvalue weighted by Crippen LogP contribution is -2.24. The van der Waals surface area contributed by atoms with Crippen molar-refractivity contribution in [3.63, 3.8) is 0 Å². The lowest BCUT2D eigenvalue weighted by molar-refractivity contribution is -0.151. The molecule has 0 saturated carbocycles. The highest BCUT2D eigenvalue weighted by Crippen LogP contribution is 2.10. The Kier molecular flexibility index (Phi) is 5.91. The van der Waals surface area contributed by atoms with Crippen LogP contribution < -0.4 is 5.32 Å². The number of benzene rings is 1. The highest BCUT2D eigenvalue weighted by Gasteiger charge is 2.16. The molecular weight excluding hydrogens is 230 g/mol. The summed E-state index contributed by atoms with van der Waals surface area (Å²) < 4.78 is 4.97. The minimum atomic E-state index is -0.319. The third-order valence-electron chi connectivity index (χ3n) is 2.72. The van der Waals surface area contributed by atoms with Crippen molar-refractivity contribution in [2.24, 2.45) is 5.92 Å². The van der Waals surface area contributed by atoms with Crippen LogP contribution in [-0.4, -0.2) is 18.5 Å². The Morgan fingerprint density at radius 2 is 1.78 bits per heavy atom. The highest BCUT2D eigenvalue weighted by atomic mass is 16.5. The molecule has 4 nitrogen and oxygen atoms in total. The molecule has 0 heterocycles. The van der Waals surface area contributed by atoms with Crippen molar-refractivity contribution in [1.29, 1.82) is 0 Å². The third kappa shape index (κ3) is 4.57. The van der Waals surface area contributed by atoms with E-state index in [0.717, 1.165) is 12.8 Å². The zero-order valence-corrected chi connectivity index (χ0v) is 10.8. The minimum absolute atomic E-state index is 0.116. The molecule has 1 amide bonds. The topological polar surface area (TPSA) is 55.4 Å². The molecule has 0 bridgehead atoms. The minimum Gasteiger partial charge on any atom is -0.455 e. The van der Waals surface area contributed by atoms with Gasteiger partial charge in [-0.15, -0.1) is 0 Å². The van der Waals surface area contributed by atoms with E-state index in [4.69, 9.17) is 4.74 Å². The first kappa shape index (κ1) is 14.2. The number of ether oxygens (including phenoxy) is 1. The molecule has 1 aromatic carbocycles. The molecule has 4 heteroatoms. The third-order valence-corrected chi connectivity index (χ3v) is 2.72. The van der Waals surface area contributed by atoms with Crippen molar-refractivity contribution in [2.75, 3.05) is 11.9 Å². The predicted octanol–water partition coefficient (Wildman–Crippen LogP) is 2.60. The quantitative estimate of drug-likeness (QED) is 0.788. The van der Waals surface area contributed by atoms with E-state index < -0.39 is 0 Å². The molecule has 98 valence electrons. The summed E-state index contributed by atoms with van der Waals surface area (Å²) in [5, 5.41) is 2.66. The van der Waals surface area contributed by atoms with Gasteiger partial charge in [0.05, 0.1) is 5.92 Å². The second-order valence-electron chi connectivity index (χ2n) is 4.04. The van der Waals surface area contributed by atoms with Gasteiger partial charge in [0.25, 0.3) is 5.91 Å². The first-order valence-electron chi connectivity index (χ1n) is 6.18. The summed E-state index contributed by atoms with van der Waals surface area (Å²) >= 11 is 0. The average Bonchev–Trinajstić information content (AvgIpc) is 2.39. The van der Waals surface area contributed by atoms with Crippen molar-refractivity contribution < 1.29 is 14.3 Å². The Bertz CT molecular complexity index is 385. The Labute approximate surface area is 107 Å². The molecule has 0 spiro atoms. The molecule has 1 N–H and O–H groups in total. The van der Waals surface area contributed by atoms with Crippen LogP contribution in [0.15, 0.2) is 30.3 Å². The fourth-order valence-electron chi connectivity index (χ4n) is 1.60. The molecule has 0 aliphatic heterocycles. The van der Waals surface area contributed by atoms with Gasteiger partial charge in [-0.1, -0.05) is 32.0 Å². The number of amides is 1. The number of para-hydroxylation sites is 1. The van der Waals surface area contributed by atoms with E-state index >= 15 is 0 Å². The van der Waals surface area contributed by atoms with E-state index in [-0.39, 0.29) is 24.4 Å². The van der Waals surface area contributed by atoms with E-state index in [1.807, 2.05) is 32.0 Å². The van der Waals surface area contributed by atoms with E-state index in [2.05, 4.69) is 5.32 Å². The van der Waals surface area contributed by atoms with Gasteiger partial charge >= 0.3 is 5.97 Å². The normalized spacial score (nSPS) is 10.2. The number of rotatable bonds is 6. The van der Waals surface area contributed by atoms with Crippen LogP contribution in [0.5, 0.6) is 0 Å². The Hall–Kier alpha value is -1.84. The van der Waals surface area contributed by atoms with Gasteiger partial charge in [-0.2, -0.15) is 0 Å². The molecule has 18 heavy (non-hydrogen) atoms. The second-order valence-corrected chi connectivity index (χ2v) is 4.04. The molecule has 0 saturated heterocycles. The van der Waals surface area contributed by atoms with Crippen LogP contribution in [0.4, 0.5) is 5.69 Å². The predicted molar refractivity (Wildman–Crippen MR) is 70.1 cm³/mol. The molecule has 1 aromatic rings. The fraction of sp³-hybridized carbons (Fsp3) is 0.429. The van der Waals surface area contributed by atoms with Crippen molar-refractivity contribution in [2.45, 2.75) is 26.7 Å². The average molecular weight is 249 g/mol. The summed E-state index contributed by atoms with van der Waals surface area (Å²) in [5.41, 5.74) is 0.695. The lowest BCUT2D eigenvalue weighted by Gasteiger charge is -2.11. The molecule has 0 aliphatic carbocycles. The number of carbonyl (C=O) groups is 2. The van der Waals surface area contributed by atoms with Crippen LogP contribution in [0.25, 0.3) is 0 Å². The van der Waals surface area contributed by atoms with Gasteiger partial charge in [-0.3, -0.25) is 9.59 Å². The molecule has 0 aliphatic rings. The summed E-state index contributed by atoms with van der Waals surface area (Å²) in [7, 11) is 0. The summed E-state index contributed by atoms with van der Waals surface area (Å²) in [6.45, 7) is 3.63. The van der Waals surface area contributed by atoms with E-state index in [0.29, 0.717) is 5.69 Å². The number of carbonyl (C=O) groups excluding carboxylic acids is 2. The molecule has 1 rings (SSSR count). The van der Waals surface area contributed by atoms with Crippen LogP contribution in [-0.2, 0) is 14.3 Å². The molecule has 0 fully saturated rings. The Morgan fingerprint density at radius 1 is 1.17 bits per heavy atom. The van der Waals surface area contributed by atoms with Crippen molar-refractivity contribution in [3.05, 3.63) is 30.3 Å². The summed E-state index contributed by atoms with van der Waals surface area (Å²) in [4.78, 5) is 23.1. The molecule has 0 aromatic heterocycles. The van der Waals surface area contributed by atoms with Crippen LogP contribution in [0.3, 0.4) is 0 Å². The van der Waals surface area contributed by atoms with Gasteiger partial charge in [-0.25, -0.2) is 0 Å². The molecule has 0 atom stereocenters. The van der Waals surface area contributed by atoms with Gasteiger partial charge in [-0.05, 0) is 25.0 Å². The van der Waals surface area contributed by atoms with Crippen LogP contribution >= 0.6 is 0 Å². The second kappa shape index (κ2) is 7.48. The van der Waals surface area contributed by atoms with Crippen LogP contribution in [0, 0.1) is 5.92 Å². The van der Waals surface area contributed by atoms with Gasteiger partial charge in [0.2, 0.25) is 0 Å². The fourth-order valence-corrected chi connectivity index (χ4v) is 1.60. The van der Waals surface area contributed by atoms with Crippen LogP contribution in [0.1, 0.15) is 26.7 Å². The largest absolute Gasteiger partial charge is 0.455 e. The number of esters is 1. The van der Waals surface area contributed by atoms with Gasteiger partial charge in [0.15, 0.2) is 6.61 Å². The summed E-state index contributed by atoms with van der Waals surface area (Å²) in [5.74, 6) is -0.738. The SMILES string of the molecule is CCC(CC)C(=O)OCC(=O)Nc1ccccc1. The number of hydrogen-bond donors (Lipinski definition) is 1. The zero-order chi connectivity index (χ0) is 13.4. The number of nitrogens with one attached hydrogen (secondary N) is 1. The molecule has 0 unspecified atom stereocenters. The van der Waals surface area contributed by atoms with Crippen molar-refractivity contribution in [3.8, 4) is 0 Å². The van der Waals surface area contributed by atoms with Crippen molar-refractivity contribution in [1.82, 2.24) is 0 Å². The summed E-state index contributed by atoms with van der Waals surface area (Å²) in [6, 6.07) is 9.07. The smallest absolute Gasteiger partial charge is 0.309 e. The van der Waals surface area contributed by atoms with Gasteiger partial charge < -0.3 is 10.1 Å². The monoisotopic (exact) mass is 249 g/mol. The maximum atomic E-state index is 11.6. The first-order chi connectivity index (χ1) is 8.67. The van der Waals surface area contributed by atoms with Crippen LogP contribution in [0.2, 0.25) is 0 Å². The zero-order valence-electron chi connectivity index (χ0n) is 10.8. The Morgan fingerprint density at radius 3 is 2.33 bits per heavy atom. The molecule has 0 radical (unpaired) electrons. The molecular formula is C14H19NO3. The Balaban J connectivity index is 2.35. The van der Waals surface area contributed by atoms with Crippen molar-refractivity contribution >= 4 is 17.6 Å². The maximum Gasteiger partial charge on any atom is 0.309 e. The lowest BCUT2D eigenvalue weighted by atomic mass is 10.0. The van der Waals surface area contributed by atoms with E-state index in [1.165, 1.54) is 0 Å². The van der Waals surface area contributed by atoms with E-state index in [1.54, 1.807) is 12.1 Å². The standard InChI is InChI=1S/C14H19NO3/c1-3-11(4-2)14(17)18-10-13(16)15-12-8-6-5-7-9-12/h5-9,11H,3-4,10H2,1-2H3,(H,15,16). The van der Waals surface area contributed by atoms with Gasteiger partial charge in [0, 0.05) is 5.69 Å². The van der Waals surface area contributed by atoms with E-state index in [9.17, 15) is 9.59 Å². The first-order valence-corrected chi connectivity index (χ1v) is 6.18. The number of anilines is 1. The number of hydrogen-bond acceptors (Lipinski definition) is 3. The van der Waals surface area contributed by atoms with Gasteiger partial charge in [0.1, 0.15) is 0 Å². The highest BCUT2D eigenvalue weighted by molar-refractivity contribution is 5.92. The summed E-state index contributed by atoms with van der Waals surface area (Å²) in [6.07, 6.45) is 1.46.